The van der Waals surface area contributed by atoms with Crippen molar-refractivity contribution < 1.29 is 18.0 Å². The summed E-state index contributed by atoms with van der Waals surface area (Å²) in [6.45, 7) is 6.75. The fraction of sp³-hybridized carbons (Fsp3) is 0.391. The van der Waals surface area contributed by atoms with Gasteiger partial charge >= 0.3 is 0 Å². The lowest BCUT2D eigenvalue weighted by atomic mass is 10.1. The van der Waals surface area contributed by atoms with Crippen LogP contribution in [0.5, 0.6) is 0 Å². The summed E-state index contributed by atoms with van der Waals surface area (Å²) in [6, 6.07) is 12.3. The fourth-order valence-electron chi connectivity index (χ4n) is 3.09. The van der Waals surface area contributed by atoms with Gasteiger partial charge in [-0.15, -0.1) is 0 Å². The highest BCUT2D eigenvalue weighted by Gasteiger charge is 2.31. The quantitative estimate of drug-likeness (QED) is 0.575. The van der Waals surface area contributed by atoms with E-state index in [4.69, 9.17) is 23.2 Å². The first kappa shape index (κ1) is 27.0. The van der Waals surface area contributed by atoms with E-state index in [1.807, 2.05) is 20.8 Å². The summed E-state index contributed by atoms with van der Waals surface area (Å²) < 4.78 is 26.0. The molecule has 0 spiro atoms. The number of rotatable bonds is 8. The minimum absolute atomic E-state index is 0.0991. The molecule has 180 valence electrons. The smallest absolute Gasteiger partial charge is 0.244 e. The third-order valence-corrected chi connectivity index (χ3v) is 6.33. The predicted molar refractivity (Wildman–Crippen MR) is 133 cm³/mol. The van der Waals surface area contributed by atoms with Crippen LogP contribution in [-0.4, -0.2) is 49.5 Å². The zero-order valence-corrected chi connectivity index (χ0v) is 21.6. The number of nitrogens with one attached hydrogen (secondary N) is 1. The second-order valence-corrected chi connectivity index (χ2v) is 11.6. The Bertz CT molecular complexity index is 1100. The van der Waals surface area contributed by atoms with Crippen LogP contribution in [0.1, 0.15) is 33.3 Å². The highest BCUT2D eigenvalue weighted by atomic mass is 35.5. The van der Waals surface area contributed by atoms with Gasteiger partial charge in [-0.05, 0) is 63.6 Å². The summed E-state index contributed by atoms with van der Waals surface area (Å²) in [5.41, 5.74) is 0.508. The maximum atomic E-state index is 13.4. The molecule has 2 aromatic carbocycles. The third-order valence-electron chi connectivity index (χ3n) is 4.71. The van der Waals surface area contributed by atoms with Crippen LogP contribution in [0.15, 0.2) is 48.5 Å². The van der Waals surface area contributed by atoms with Gasteiger partial charge in [0.05, 0.1) is 11.9 Å². The van der Waals surface area contributed by atoms with Crippen LogP contribution in [0, 0.1) is 0 Å². The van der Waals surface area contributed by atoms with Gasteiger partial charge in [0.1, 0.15) is 12.6 Å². The zero-order chi connectivity index (χ0) is 25.0. The number of amides is 2. The largest absolute Gasteiger partial charge is 0.350 e. The van der Waals surface area contributed by atoms with E-state index in [0.29, 0.717) is 10.0 Å². The van der Waals surface area contributed by atoms with Crippen molar-refractivity contribution in [2.75, 3.05) is 17.1 Å². The standard InChI is InChI=1S/C23H29Cl2N3O4S/c1-16(22(30)26-23(2,3)4)27(14-17-9-11-18(24)12-10-17)21(29)15-28(33(5,31)32)20-8-6-7-19(25)13-20/h6-13,16H,14-15H2,1-5H3,(H,26,30)/t16-/m0/s1. The molecular weight excluding hydrogens is 485 g/mol. The Hall–Kier alpha value is -2.29. The highest BCUT2D eigenvalue weighted by Crippen LogP contribution is 2.23. The second-order valence-electron chi connectivity index (χ2n) is 8.81. The Balaban J connectivity index is 2.39. The minimum Gasteiger partial charge on any atom is -0.350 e. The number of halogens is 2. The Morgan fingerprint density at radius 3 is 2.15 bits per heavy atom. The van der Waals surface area contributed by atoms with Crippen molar-refractivity contribution >= 4 is 50.7 Å². The van der Waals surface area contributed by atoms with Crippen LogP contribution < -0.4 is 9.62 Å². The number of nitrogens with zero attached hydrogens (tertiary/aromatic N) is 2. The van der Waals surface area contributed by atoms with Crippen LogP contribution in [0.2, 0.25) is 10.0 Å². The van der Waals surface area contributed by atoms with Crippen LogP contribution in [0.25, 0.3) is 0 Å². The van der Waals surface area contributed by atoms with Gasteiger partial charge < -0.3 is 10.2 Å². The van der Waals surface area contributed by atoms with E-state index in [1.165, 1.54) is 11.0 Å². The number of hydrogen-bond acceptors (Lipinski definition) is 4. The van der Waals surface area contributed by atoms with E-state index < -0.39 is 34.1 Å². The molecular formula is C23H29Cl2N3O4S. The molecule has 0 fully saturated rings. The minimum atomic E-state index is -3.81. The topological polar surface area (TPSA) is 86.8 Å². The molecule has 0 aliphatic heterocycles. The van der Waals surface area contributed by atoms with Gasteiger partial charge in [-0.25, -0.2) is 8.42 Å². The molecule has 10 heteroatoms. The van der Waals surface area contributed by atoms with E-state index in [-0.39, 0.29) is 18.1 Å². The fourth-order valence-corrected chi connectivity index (χ4v) is 4.24. The molecule has 2 aromatic rings. The molecule has 0 bridgehead atoms. The first-order valence-electron chi connectivity index (χ1n) is 10.3. The summed E-state index contributed by atoms with van der Waals surface area (Å²) in [4.78, 5) is 27.6. The molecule has 1 N–H and O–H groups in total. The molecule has 0 aromatic heterocycles. The van der Waals surface area contributed by atoms with Crippen molar-refractivity contribution in [1.82, 2.24) is 10.2 Å². The SMILES string of the molecule is C[C@@H](C(=O)NC(C)(C)C)N(Cc1ccc(Cl)cc1)C(=O)CN(c1cccc(Cl)c1)S(C)(=O)=O. The van der Waals surface area contributed by atoms with Gasteiger partial charge in [0.2, 0.25) is 21.8 Å². The number of anilines is 1. The first-order chi connectivity index (χ1) is 15.2. The van der Waals surface area contributed by atoms with Crippen molar-refractivity contribution in [3.8, 4) is 0 Å². The van der Waals surface area contributed by atoms with Crippen LogP contribution in [0.4, 0.5) is 5.69 Å². The lowest BCUT2D eigenvalue weighted by molar-refractivity contribution is -0.140. The van der Waals surface area contributed by atoms with Crippen molar-refractivity contribution in [2.24, 2.45) is 0 Å². The van der Waals surface area contributed by atoms with E-state index >= 15 is 0 Å². The molecule has 0 heterocycles. The average Bonchev–Trinajstić information content (AvgIpc) is 2.68. The van der Waals surface area contributed by atoms with Crippen molar-refractivity contribution in [3.05, 3.63) is 64.1 Å². The lowest BCUT2D eigenvalue weighted by Crippen LogP contribution is -2.54. The maximum absolute atomic E-state index is 13.4. The number of sulfonamides is 1. The molecule has 0 aliphatic carbocycles. The zero-order valence-electron chi connectivity index (χ0n) is 19.3. The molecule has 0 aliphatic rings. The summed E-state index contributed by atoms with van der Waals surface area (Å²) >= 11 is 12.0. The van der Waals surface area contributed by atoms with E-state index in [2.05, 4.69) is 5.32 Å². The van der Waals surface area contributed by atoms with Crippen LogP contribution >= 0.6 is 23.2 Å². The molecule has 0 radical (unpaired) electrons. The van der Waals surface area contributed by atoms with Crippen LogP contribution in [0.3, 0.4) is 0 Å². The van der Waals surface area contributed by atoms with E-state index in [1.54, 1.807) is 49.4 Å². The number of carbonyl (C=O) groups excluding carboxylic acids is 2. The molecule has 2 rings (SSSR count). The van der Waals surface area contributed by atoms with Gasteiger partial charge in [0.25, 0.3) is 0 Å². The van der Waals surface area contributed by atoms with Gasteiger partial charge in [-0.3, -0.25) is 13.9 Å². The molecule has 1 atom stereocenters. The normalized spacial score (nSPS) is 12.7. The lowest BCUT2D eigenvalue weighted by Gasteiger charge is -2.33. The first-order valence-corrected chi connectivity index (χ1v) is 12.9. The number of carbonyl (C=O) groups is 2. The monoisotopic (exact) mass is 513 g/mol. The van der Waals surface area contributed by atoms with Gasteiger partial charge in [0.15, 0.2) is 0 Å². The number of benzene rings is 2. The maximum Gasteiger partial charge on any atom is 0.244 e. The summed E-state index contributed by atoms with van der Waals surface area (Å²) in [5, 5.41) is 3.75. The summed E-state index contributed by atoms with van der Waals surface area (Å²) in [6.07, 6.45) is 1.01. The Morgan fingerprint density at radius 2 is 1.64 bits per heavy atom. The van der Waals surface area contributed by atoms with E-state index in [0.717, 1.165) is 16.1 Å². The summed E-state index contributed by atoms with van der Waals surface area (Å²) in [7, 11) is -3.81. The van der Waals surface area contributed by atoms with Crippen molar-refractivity contribution in [1.29, 1.82) is 0 Å². The number of hydrogen-bond donors (Lipinski definition) is 1. The summed E-state index contributed by atoms with van der Waals surface area (Å²) in [5.74, 6) is -0.884. The Kier molecular flexibility index (Phi) is 8.79. The Labute approximate surface area is 205 Å². The predicted octanol–water partition coefficient (Wildman–Crippen LogP) is 4.09. The van der Waals surface area contributed by atoms with Gasteiger partial charge in [-0.1, -0.05) is 41.4 Å². The third kappa shape index (κ3) is 8.21. The molecule has 2 amide bonds. The molecule has 7 nitrogen and oxygen atoms in total. The molecule has 0 saturated carbocycles. The van der Waals surface area contributed by atoms with Crippen LogP contribution in [-0.2, 0) is 26.2 Å². The van der Waals surface area contributed by atoms with Gasteiger partial charge in [0, 0.05) is 22.1 Å². The second kappa shape index (κ2) is 10.8. The van der Waals surface area contributed by atoms with Gasteiger partial charge in [-0.2, -0.15) is 0 Å². The molecule has 33 heavy (non-hydrogen) atoms. The Morgan fingerprint density at radius 1 is 1.03 bits per heavy atom. The molecule has 0 saturated heterocycles. The van der Waals surface area contributed by atoms with E-state index in [9.17, 15) is 18.0 Å². The highest BCUT2D eigenvalue weighted by molar-refractivity contribution is 7.92. The average molecular weight is 514 g/mol. The molecule has 0 unspecified atom stereocenters. The van der Waals surface area contributed by atoms with Crippen molar-refractivity contribution in [3.63, 3.8) is 0 Å². The van der Waals surface area contributed by atoms with Crippen molar-refractivity contribution in [2.45, 2.75) is 45.8 Å².